The summed E-state index contributed by atoms with van der Waals surface area (Å²) in [6.45, 7) is 3.92. The molecule has 1 amide bonds. The molecule has 1 aliphatic rings. The van der Waals surface area contributed by atoms with Gasteiger partial charge in [0.2, 0.25) is 0 Å². The van der Waals surface area contributed by atoms with Gasteiger partial charge in [0.25, 0.3) is 5.91 Å². The number of hydrogen-bond donors (Lipinski definition) is 1. The summed E-state index contributed by atoms with van der Waals surface area (Å²) in [6, 6.07) is 1.68. The van der Waals surface area contributed by atoms with Gasteiger partial charge in [-0.05, 0) is 24.8 Å². The zero-order chi connectivity index (χ0) is 14.7. The Morgan fingerprint density at radius 2 is 2.25 bits per heavy atom. The van der Waals surface area contributed by atoms with Gasteiger partial charge in [-0.15, -0.1) is 0 Å². The van der Waals surface area contributed by atoms with E-state index in [0.717, 1.165) is 19.4 Å². The second-order valence-corrected chi connectivity index (χ2v) is 5.68. The van der Waals surface area contributed by atoms with E-state index in [9.17, 15) is 9.59 Å². The number of carbonyl (C=O) groups excluding carboxylic acids is 1. The summed E-state index contributed by atoms with van der Waals surface area (Å²) in [5, 5.41) is 9.37. The van der Waals surface area contributed by atoms with Crippen LogP contribution in [0.5, 0.6) is 0 Å². The minimum absolute atomic E-state index is 0.0570. The molecule has 1 N–H and O–H groups in total. The van der Waals surface area contributed by atoms with Crippen molar-refractivity contribution in [1.29, 1.82) is 0 Å². The van der Waals surface area contributed by atoms with Crippen LogP contribution in [0.25, 0.3) is 0 Å². The van der Waals surface area contributed by atoms with Crippen LogP contribution in [0.4, 0.5) is 0 Å². The molecule has 0 bridgehead atoms. The molecule has 0 saturated carbocycles. The molecule has 5 nitrogen and oxygen atoms in total. The predicted octanol–water partition coefficient (Wildman–Crippen LogP) is 2.49. The Morgan fingerprint density at radius 1 is 1.50 bits per heavy atom. The van der Waals surface area contributed by atoms with E-state index in [-0.39, 0.29) is 18.2 Å². The van der Waals surface area contributed by atoms with Crippen molar-refractivity contribution in [2.75, 3.05) is 13.1 Å². The van der Waals surface area contributed by atoms with E-state index >= 15 is 0 Å². The lowest BCUT2D eigenvalue weighted by Crippen LogP contribution is -2.30. The molecule has 0 aliphatic carbocycles. The molecule has 6 heteroatoms. The Hall–Kier alpha value is -1.49. The van der Waals surface area contributed by atoms with Gasteiger partial charge >= 0.3 is 5.97 Å². The number of aliphatic carboxylic acids is 1. The van der Waals surface area contributed by atoms with Crippen LogP contribution in [-0.2, 0) is 11.3 Å². The summed E-state index contributed by atoms with van der Waals surface area (Å²) in [5.41, 5.74) is 0.591. The normalized spacial score (nSPS) is 18.5. The number of carboxylic acid groups (broad SMARTS) is 1. The van der Waals surface area contributed by atoms with Crippen LogP contribution in [-0.4, -0.2) is 39.5 Å². The van der Waals surface area contributed by atoms with Crippen molar-refractivity contribution in [1.82, 2.24) is 9.47 Å². The molecule has 2 heterocycles. The quantitative estimate of drug-likeness (QED) is 0.908. The second-order valence-electron chi connectivity index (χ2n) is 5.24. The van der Waals surface area contributed by atoms with Gasteiger partial charge in [0.1, 0.15) is 5.69 Å². The maximum atomic E-state index is 12.5. The number of hydrogen-bond acceptors (Lipinski definition) is 2. The number of nitrogens with zero attached hydrogens (tertiary/aromatic N) is 2. The Bertz CT molecular complexity index is 513. The summed E-state index contributed by atoms with van der Waals surface area (Å²) < 4.78 is 1.87. The SMILES string of the molecule is CCCn1cc(Cl)cc1C(=O)N1CCC(CC(=O)O)C1. The van der Waals surface area contributed by atoms with Gasteiger partial charge in [0.05, 0.1) is 5.02 Å². The fourth-order valence-corrected chi connectivity index (χ4v) is 2.89. The topological polar surface area (TPSA) is 62.5 Å². The van der Waals surface area contributed by atoms with E-state index in [1.165, 1.54) is 0 Å². The smallest absolute Gasteiger partial charge is 0.303 e. The van der Waals surface area contributed by atoms with E-state index in [2.05, 4.69) is 0 Å². The maximum absolute atomic E-state index is 12.5. The third-order valence-corrected chi connectivity index (χ3v) is 3.79. The minimum atomic E-state index is -0.804. The Morgan fingerprint density at radius 3 is 2.90 bits per heavy atom. The molecule has 110 valence electrons. The fourth-order valence-electron chi connectivity index (χ4n) is 2.67. The highest BCUT2D eigenvalue weighted by Gasteiger charge is 2.29. The predicted molar refractivity (Wildman–Crippen MR) is 76.0 cm³/mol. The zero-order valence-corrected chi connectivity index (χ0v) is 12.3. The molecule has 1 atom stereocenters. The number of aromatic nitrogens is 1. The minimum Gasteiger partial charge on any atom is -0.481 e. The lowest BCUT2D eigenvalue weighted by molar-refractivity contribution is -0.138. The van der Waals surface area contributed by atoms with E-state index in [1.54, 1.807) is 17.2 Å². The molecule has 1 aromatic heterocycles. The van der Waals surface area contributed by atoms with Gasteiger partial charge in [-0.2, -0.15) is 0 Å². The number of amides is 1. The third kappa shape index (κ3) is 3.33. The molecule has 1 aliphatic heterocycles. The van der Waals surface area contributed by atoms with Crippen LogP contribution in [0, 0.1) is 5.92 Å². The first-order chi connectivity index (χ1) is 9.51. The third-order valence-electron chi connectivity index (χ3n) is 3.58. The summed E-state index contributed by atoms with van der Waals surface area (Å²) in [4.78, 5) is 24.9. The van der Waals surface area contributed by atoms with Crippen LogP contribution >= 0.6 is 11.6 Å². The fraction of sp³-hybridized carbons (Fsp3) is 0.571. The summed E-state index contributed by atoms with van der Waals surface area (Å²) in [6.07, 6.45) is 3.57. The summed E-state index contributed by atoms with van der Waals surface area (Å²) in [7, 11) is 0. The van der Waals surface area contributed by atoms with Gasteiger partial charge in [-0.25, -0.2) is 0 Å². The standard InChI is InChI=1S/C14H19ClN2O3/c1-2-4-16-9-11(15)7-12(16)14(20)17-5-3-10(8-17)6-13(18)19/h7,9-10H,2-6,8H2,1H3,(H,18,19). The number of aryl methyl sites for hydroxylation is 1. The van der Waals surface area contributed by atoms with Crippen molar-refractivity contribution in [2.45, 2.75) is 32.7 Å². The molecule has 0 radical (unpaired) electrons. The second kappa shape index (κ2) is 6.31. The van der Waals surface area contributed by atoms with Crippen molar-refractivity contribution in [3.63, 3.8) is 0 Å². The lowest BCUT2D eigenvalue weighted by atomic mass is 10.1. The Kier molecular flexibility index (Phi) is 4.70. The number of halogens is 1. The van der Waals surface area contributed by atoms with E-state index in [1.807, 2.05) is 11.5 Å². The number of likely N-dealkylation sites (tertiary alicyclic amines) is 1. The molecule has 0 aromatic carbocycles. The van der Waals surface area contributed by atoms with Gasteiger partial charge in [-0.1, -0.05) is 18.5 Å². The average molecular weight is 299 g/mol. The molecular formula is C14H19ClN2O3. The highest BCUT2D eigenvalue weighted by atomic mass is 35.5. The summed E-state index contributed by atoms with van der Waals surface area (Å²) >= 11 is 5.98. The first-order valence-corrected chi connectivity index (χ1v) is 7.25. The average Bonchev–Trinajstić information content (AvgIpc) is 2.95. The Labute approximate surface area is 123 Å². The van der Waals surface area contributed by atoms with Gasteiger partial charge in [0.15, 0.2) is 0 Å². The van der Waals surface area contributed by atoms with Crippen molar-refractivity contribution in [2.24, 2.45) is 5.92 Å². The number of carboxylic acids is 1. The first kappa shape index (κ1) is 14.9. The van der Waals surface area contributed by atoms with Gasteiger partial charge in [-0.3, -0.25) is 9.59 Å². The van der Waals surface area contributed by atoms with Crippen LogP contribution < -0.4 is 0 Å². The van der Waals surface area contributed by atoms with Crippen molar-refractivity contribution in [3.8, 4) is 0 Å². The van der Waals surface area contributed by atoms with Gasteiger partial charge < -0.3 is 14.6 Å². The molecule has 1 saturated heterocycles. The van der Waals surface area contributed by atoms with Crippen molar-refractivity contribution in [3.05, 3.63) is 23.0 Å². The number of carbonyl (C=O) groups is 2. The Balaban J connectivity index is 2.07. The lowest BCUT2D eigenvalue weighted by Gasteiger charge is -2.17. The molecule has 2 rings (SSSR count). The van der Waals surface area contributed by atoms with E-state index in [0.29, 0.717) is 23.8 Å². The van der Waals surface area contributed by atoms with Crippen molar-refractivity contribution >= 4 is 23.5 Å². The van der Waals surface area contributed by atoms with Crippen LogP contribution in [0.15, 0.2) is 12.3 Å². The van der Waals surface area contributed by atoms with Crippen LogP contribution in [0.1, 0.15) is 36.7 Å². The highest BCUT2D eigenvalue weighted by molar-refractivity contribution is 6.31. The molecule has 1 aromatic rings. The molecular weight excluding hydrogens is 280 g/mol. The summed E-state index contributed by atoms with van der Waals surface area (Å²) in [5.74, 6) is -0.804. The van der Waals surface area contributed by atoms with E-state index in [4.69, 9.17) is 16.7 Å². The zero-order valence-electron chi connectivity index (χ0n) is 11.5. The monoisotopic (exact) mass is 298 g/mol. The number of rotatable bonds is 5. The van der Waals surface area contributed by atoms with E-state index < -0.39 is 5.97 Å². The first-order valence-electron chi connectivity index (χ1n) is 6.88. The highest BCUT2D eigenvalue weighted by Crippen LogP contribution is 2.23. The van der Waals surface area contributed by atoms with Crippen molar-refractivity contribution < 1.29 is 14.7 Å². The largest absolute Gasteiger partial charge is 0.481 e. The molecule has 1 unspecified atom stereocenters. The molecule has 20 heavy (non-hydrogen) atoms. The van der Waals surface area contributed by atoms with Gasteiger partial charge in [0, 0.05) is 32.3 Å². The maximum Gasteiger partial charge on any atom is 0.303 e. The molecule has 1 fully saturated rings. The van der Waals surface area contributed by atoms with Crippen LogP contribution in [0.3, 0.4) is 0 Å². The van der Waals surface area contributed by atoms with Crippen LogP contribution in [0.2, 0.25) is 5.02 Å². The molecule has 0 spiro atoms.